The quantitative estimate of drug-likeness (QED) is 0.755. The van der Waals surface area contributed by atoms with Gasteiger partial charge in [-0.2, -0.15) is 0 Å². The first-order valence-corrected chi connectivity index (χ1v) is 7.33. The Morgan fingerprint density at radius 1 is 1.19 bits per heavy atom. The Kier molecular flexibility index (Phi) is 3.35. The molecule has 1 amide bonds. The molecule has 4 nitrogen and oxygen atoms in total. The van der Waals surface area contributed by atoms with Gasteiger partial charge in [0.1, 0.15) is 5.75 Å². The summed E-state index contributed by atoms with van der Waals surface area (Å²) in [6.45, 7) is 3.85. The molecule has 0 spiro atoms. The number of aromatic nitrogens is 1. The maximum Gasteiger partial charge on any atom is 0.261 e. The van der Waals surface area contributed by atoms with Crippen LogP contribution in [-0.4, -0.2) is 16.0 Å². The number of fused-ring (bicyclic) bond motifs is 1. The van der Waals surface area contributed by atoms with Crippen LogP contribution in [0.15, 0.2) is 36.4 Å². The molecule has 106 valence electrons. The number of carbonyl (C=O) groups excluding carboxylic acids is 1. The fraction of sp³-hybridized carbons (Fsp3) is 0.125. The van der Waals surface area contributed by atoms with Crippen molar-refractivity contribution in [2.45, 2.75) is 13.8 Å². The van der Waals surface area contributed by atoms with Gasteiger partial charge < -0.3 is 5.11 Å². The van der Waals surface area contributed by atoms with Crippen molar-refractivity contribution in [2.24, 2.45) is 0 Å². The van der Waals surface area contributed by atoms with Gasteiger partial charge in [0.05, 0.1) is 11.3 Å². The van der Waals surface area contributed by atoms with Crippen molar-refractivity contribution in [2.75, 3.05) is 5.32 Å². The third-order valence-electron chi connectivity index (χ3n) is 3.36. The van der Waals surface area contributed by atoms with Crippen LogP contribution in [0.3, 0.4) is 0 Å². The second-order valence-corrected chi connectivity index (χ2v) is 6.03. The van der Waals surface area contributed by atoms with Gasteiger partial charge in [-0.3, -0.25) is 10.1 Å². The highest BCUT2D eigenvalue weighted by Gasteiger charge is 2.14. The van der Waals surface area contributed by atoms with E-state index in [0.29, 0.717) is 5.13 Å². The van der Waals surface area contributed by atoms with E-state index in [4.69, 9.17) is 0 Å². The predicted molar refractivity (Wildman–Crippen MR) is 85.2 cm³/mol. The Morgan fingerprint density at radius 3 is 2.48 bits per heavy atom. The van der Waals surface area contributed by atoms with Crippen LogP contribution in [0.25, 0.3) is 10.8 Å². The normalized spacial score (nSPS) is 10.8. The number of phenols is 1. The van der Waals surface area contributed by atoms with Crippen molar-refractivity contribution in [3.05, 3.63) is 52.5 Å². The predicted octanol–water partition coefficient (Wildman–Crippen LogP) is 3.87. The zero-order chi connectivity index (χ0) is 15.0. The molecule has 0 aliphatic carbocycles. The molecule has 0 fully saturated rings. The van der Waals surface area contributed by atoms with Crippen LogP contribution in [-0.2, 0) is 0 Å². The summed E-state index contributed by atoms with van der Waals surface area (Å²) in [7, 11) is 0. The monoisotopic (exact) mass is 298 g/mol. The number of benzene rings is 2. The zero-order valence-electron chi connectivity index (χ0n) is 11.7. The van der Waals surface area contributed by atoms with E-state index in [0.717, 1.165) is 21.3 Å². The summed E-state index contributed by atoms with van der Waals surface area (Å²) >= 11 is 1.42. The first-order valence-electron chi connectivity index (χ1n) is 6.52. The number of anilines is 1. The summed E-state index contributed by atoms with van der Waals surface area (Å²) in [5, 5.41) is 15.1. The fourth-order valence-electron chi connectivity index (χ4n) is 2.10. The zero-order valence-corrected chi connectivity index (χ0v) is 12.5. The number of aromatic hydroxyl groups is 1. The van der Waals surface area contributed by atoms with E-state index in [9.17, 15) is 9.90 Å². The standard InChI is InChI=1S/C16H14N2O2S/c1-9-10(2)21-16(17-9)18-15(20)13-7-11-5-3-4-6-12(11)8-14(13)19/h3-8,19H,1-2H3,(H,17,18,20). The van der Waals surface area contributed by atoms with Crippen LogP contribution in [0.5, 0.6) is 5.75 Å². The van der Waals surface area contributed by atoms with Crippen molar-refractivity contribution in [1.82, 2.24) is 4.98 Å². The summed E-state index contributed by atoms with van der Waals surface area (Å²) < 4.78 is 0. The summed E-state index contributed by atoms with van der Waals surface area (Å²) in [6, 6.07) is 10.9. The lowest BCUT2D eigenvalue weighted by molar-refractivity contribution is 0.102. The molecule has 0 aliphatic heterocycles. The van der Waals surface area contributed by atoms with Gasteiger partial charge in [0, 0.05) is 4.88 Å². The lowest BCUT2D eigenvalue weighted by Crippen LogP contribution is -2.12. The van der Waals surface area contributed by atoms with Crippen molar-refractivity contribution in [3.8, 4) is 5.75 Å². The molecule has 1 aromatic heterocycles. The number of hydrogen-bond donors (Lipinski definition) is 2. The third-order valence-corrected chi connectivity index (χ3v) is 4.35. The topological polar surface area (TPSA) is 62.2 Å². The van der Waals surface area contributed by atoms with Crippen LogP contribution in [0, 0.1) is 13.8 Å². The second kappa shape index (κ2) is 5.18. The SMILES string of the molecule is Cc1nc(NC(=O)c2cc3ccccc3cc2O)sc1C. The molecule has 0 radical (unpaired) electrons. The molecule has 0 aliphatic rings. The average molecular weight is 298 g/mol. The van der Waals surface area contributed by atoms with E-state index in [1.165, 1.54) is 11.3 Å². The molecule has 2 aromatic carbocycles. The Hall–Kier alpha value is -2.40. The molecule has 5 heteroatoms. The van der Waals surface area contributed by atoms with Crippen LogP contribution in [0.2, 0.25) is 0 Å². The van der Waals surface area contributed by atoms with Crippen LogP contribution in [0.4, 0.5) is 5.13 Å². The molecular weight excluding hydrogens is 284 g/mol. The van der Waals surface area contributed by atoms with Gasteiger partial charge >= 0.3 is 0 Å². The van der Waals surface area contributed by atoms with Gasteiger partial charge in [-0.25, -0.2) is 4.98 Å². The molecule has 0 atom stereocenters. The maximum atomic E-state index is 12.3. The van der Waals surface area contributed by atoms with E-state index in [1.807, 2.05) is 38.1 Å². The first-order chi connectivity index (χ1) is 10.0. The van der Waals surface area contributed by atoms with Crippen LogP contribution >= 0.6 is 11.3 Å². The Labute approximate surface area is 126 Å². The smallest absolute Gasteiger partial charge is 0.261 e. The lowest BCUT2D eigenvalue weighted by Gasteiger charge is -2.06. The number of rotatable bonds is 2. The Balaban J connectivity index is 1.95. The van der Waals surface area contributed by atoms with Crippen molar-refractivity contribution < 1.29 is 9.90 Å². The molecule has 0 bridgehead atoms. The largest absolute Gasteiger partial charge is 0.507 e. The number of hydrogen-bond acceptors (Lipinski definition) is 4. The number of phenolic OH excluding ortho intramolecular Hbond substituents is 1. The fourth-order valence-corrected chi connectivity index (χ4v) is 2.91. The van der Waals surface area contributed by atoms with Crippen molar-refractivity contribution in [1.29, 1.82) is 0 Å². The molecule has 0 saturated heterocycles. The highest BCUT2D eigenvalue weighted by molar-refractivity contribution is 7.15. The summed E-state index contributed by atoms with van der Waals surface area (Å²) in [4.78, 5) is 17.6. The maximum absolute atomic E-state index is 12.3. The minimum Gasteiger partial charge on any atom is -0.507 e. The number of amides is 1. The molecule has 2 N–H and O–H groups in total. The number of aryl methyl sites for hydroxylation is 2. The summed E-state index contributed by atoms with van der Waals surface area (Å²) in [5.74, 6) is -0.386. The lowest BCUT2D eigenvalue weighted by atomic mass is 10.1. The van der Waals surface area contributed by atoms with Gasteiger partial charge in [0.2, 0.25) is 0 Å². The van der Waals surface area contributed by atoms with E-state index in [1.54, 1.807) is 12.1 Å². The van der Waals surface area contributed by atoms with Crippen molar-refractivity contribution >= 4 is 33.1 Å². The molecule has 3 aromatic rings. The molecule has 3 rings (SSSR count). The van der Waals surface area contributed by atoms with Crippen LogP contribution < -0.4 is 5.32 Å². The third kappa shape index (κ3) is 2.60. The van der Waals surface area contributed by atoms with Gasteiger partial charge in [-0.05, 0) is 36.8 Å². The second-order valence-electron chi connectivity index (χ2n) is 4.83. The Bertz CT molecular complexity index is 820. The minimum atomic E-state index is -0.355. The van der Waals surface area contributed by atoms with E-state index >= 15 is 0 Å². The highest BCUT2D eigenvalue weighted by Crippen LogP contribution is 2.27. The molecule has 0 saturated carbocycles. The number of nitrogens with one attached hydrogen (secondary N) is 1. The van der Waals surface area contributed by atoms with E-state index in [-0.39, 0.29) is 17.2 Å². The van der Waals surface area contributed by atoms with Gasteiger partial charge in [-0.15, -0.1) is 11.3 Å². The number of carbonyl (C=O) groups is 1. The van der Waals surface area contributed by atoms with Crippen LogP contribution in [0.1, 0.15) is 20.9 Å². The van der Waals surface area contributed by atoms with Crippen molar-refractivity contribution in [3.63, 3.8) is 0 Å². The number of nitrogens with zero attached hydrogens (tertiary/aromatic N) is 1. The van der Waals surface area contributed by atoms with Gasteiger partial charge in [-0.1, -0.05) is 24.3 Å². The van der Waals surface area contributed by atoms with Gasteiger partial charge in [0.15, 0.2) is 5.13 Å². The Morgan fingerprint density at radius 2 is 1.86 bits per heavy atom. The molecular formula is C16H14N2O2S. The van der Waals surface area contributed by atoms with E-state index in [2.05, 4.69) is 10.3 Å². The molecule has 0 unspecified atom stereocenters. The summed E-state index contributed by atoms with van der Waals surface area (Å²) in [6.07, 6.45) is 0. The highest BCUT2D eigenvalue weighted by atomic mass is 32.1. The number of thiazole rings is 1. The average Bonchev–Trinajstić information content (AvgIpc) is 2.76. The van der Waals surface area contributed by atoms with Gasteiger partial charge in [0.25, 0.3) is 5.91 Å². The minimum absolute atomic E-state index is 0.0313. The molecule has 21 heavy (non-hydrogen) atoms. The first kappa shape index (κ1) is 13.6. The van der Waals surface area contributed by atoms with E-state index < -0.39 is 0 Å². The molecule has 1 heterocycles. The summed E-state index contributed by atoms with van der Waals surface area (Å²) in [5.41, 5.74) is 1.15.